The Hall–Kier alpha value is -3.65. The molecule has 2 amide bonds. The maximum atomic E-state index is 13.6. The van der Waals surface area contributed by atoms with E-state index in [1.807, 2.05) is 65.4 Å². The monoisotopic (exact) mass is 570 g/mol. The average molecular weight is 571 g/mol. The molecule has 3 aromatic rings. The number of carbonyl (C=O) groups excluding carboxylic acids is 2. The first-order chi connectivity index (χ1) is 20.5. The number of hydrogen-bond acceptors (Lipinski definition) is 5. The SMILES string of the molecule is Cc1nccn1Cc1cccc(C(=O)N2CCC3(CCCCOC[C@@H]4CCCN4C(=O)c4ccccc4OC3)CC2)c1. The van der Waals surface area contributed by atoms with Crippen LogP contribution in [0.2, 0.25) is 0 Å². The molecule has 0 bridgehead atoms. The number of likely N-dealkylation sites (tertiary alicyclic amines) is 1. The Morgan fingerprint density at radius 3 is 2.71 bits per heavy atom. The van der Waals surface area contributed by atoms with Crippen molar-refractivity contribution in [3.05, 3.63) is 83.4 Å². The fraction of sp³-hybridized carbons (Fsp3) is 0.500. The van der Waals surface area contributed by atoms with E-state index in [1.54, 1.807) is 6.20 Å². The second kappa shape index (κ2) is 12.7. The zero-order valence-corrected chi connectivity index (χ0v) is 24.7. The minimum absolute atomic E-state index is 0.0358. The molecule has 0 unspecified atom stereocenters. The van der Waals surface area contributed by atoms with Crippen LogP contribution < -0.4 is 4.74 Å². The molecule has 2 saturated heterocycles. The van der Waals surface area contributed by atoms with E-state index in [-0.39, 0.29) is 23.3 Å². The number of aryl methyl sites for hydroxylation is 1. The standard InChI is InChI=1S/C34H42N4O4/c1-26-35-16-20-37(26)23-27-8-6-9-28(22-27)32(39)36-18-14-34(15-19-36)13-4-5-21-41-24-29-10-7-17-38(29)33(40)30-11-2-3-12-31(30)42-25-34/h2-3,6,8-9,11-12,16,20,22,29H,4-5,7,10,13-15,17-19,21,23-25H2,1H3/t29-/m0/s1. The largest absolute Gasteiger partial charge is 0.492 e. The molecule has 3 aliphatic rings. The molecule has 4 heterocycles. The summed E-state index contributed by atoms with van der Waals surface area (Å²) in [5, 5.41) is 0. The lowest BCUT2D eigenvalue weighted by Gasteiger charge is -2.42. The van der Waals surface area contributed by atoms with E-state index < -0.39 is 0 Å². The van der Waals surface area contributed by atoms with E-state index in [9.17, 15) is 9.59 Å². The van der Waals surface area contributed by atoms with Crippen LogP contribution in [0.25, 0.3) is 0 Å². The normalized spacial score (nSPS) is 21.4. The maximum absolute atomic E-state index is 13.6. The lowest BCUT2D eigenvalue weighted by molar-refractivity contribution is 0.0303. The van der Waals surface area contributed by atoms with Crippen molar-refractivity contribution in [3.8, 4) is 5.75 Å². The molecule has 6 rings (SSSR count). The average Bonchev–Trinajstić information content (AvgIpc) is 3.66. The molecule has 0 saturated carbocycles. The van der Waals surface area contributed by atoms with E-state index in [0.717, 1.165) is 68.4 Å². The molecule has 8 heteroatoms. The molecule has 0 radical (unpaired) electrons. The summed E-state index contributed by atoms with van der Waals surface area (Å²) in [6, 6.07) is 15.8. The number of rotatable bonds is 3. The van der Waals surface area contributed by atoms with Crippen molar-refractivity contribution in [2.75, 3.05) is 39.5 Å². The van der Waals surface area contributed by atoms with Gasteiger partial charge in [0.25, 0.3) is 11.8 Å². The molecular formula is C34H42N4O4. The fourth-order valence-corrected chi connectivity index (χ4v) is 6.76. The van der Waals surface area contributed by atoms with E-state index in [2.05, 4.69) is 15.6 Å². The molecule has 222 valence electrons. The third-order valence-corrected chi connectivity index (χ3v) is 9.41. The minimum atomic E-state index is -0.0476. The van der Waals surface area contributed by atoms with Crippen molar-refractivity contribution in [1.82, 2.24) is 19.4 Å². The van der Waals surface area contributed by atoms with Gasteiger partial charge in [-0.15, -0.1) is 0 Å². The highest BCUT2D eigenvalue weighted by Gasteiger charge is 2.38. The Bertz CT molecular complexity index is 1390. The summed E-state index contributed by atoms with van der Waals surface area (Å²) < 4.78 is 14.7. The second-order valence-electron chi connectivity index (χ2n) is 12.2. The van der Waals surface area contributed by atoms with Gasteiger partial charge in [0.15, 0.2) is 0 Å². The summed E-state index contributed by atoms with van der Waals surface area (Å²) in [5.74, 6) is 1.74. The molecule has 2 aromatic carbocycles. The van der Waals surface area contributed by atoms with Crippen LogP contribution in [0.5, 0.6) is 5.75 Å². The number of imidazole rings is 1. The van der Waals surface area contributed by atoms with Gasteiger partial charge >= 0.3 is 0 Å². The summed E-state index contributed by atoms with van der Waals surface area (Å²) in [7, 11) is 0. The second-order valence-corrected chi connectivity index (χ2v) is 12.2. The van der Waals surface area contributed by atoms with Crippen LogP contribution in [-0.2, 0) is 11.3 Å². The van der Waals surface area contributed by atoms with Gasteiger partial charge in [0, 0.05) is 56.2 Å². The van der Waals surface area contributed by atoms with Gasteiger partial charge in [-0.2, -0.15) is 0 Å². The Balaban J connectivity index is 1.14. The number of piperidine rings is 1. The van der Waals surface area contributed by atoms with E-state index >= 15 is 0 Å². The summed E-state index contributed by atoms with van der Waals surface area (Å²) in [6.45, 7) is 6.69. The quantitative estimate of drug-likeness (QED) is 0.425. The molecule has 3 aliphatic heterocycles. The predicted octanol–water partition coefficient (Wildman–Crippen LogP) is 5.35. The van der Waals surface area contributed by atoms with E-state index in [4.69, 9.17) is 9.47 Å². The minimum Gasteiger partial charge on any atom is -0.492 e. The van der Waals surface area contributed by atoms with Crippen molar-refractivity contribution >= 4 is 11.8 Å². The number of amides is 2. The molecule has 42 heavy (non-hydrogen) atoms. The number of benzene rings is 2. The number of aromatic nitrogens is 2. The van der Waals surface area contributed by atoms with Gasteiger partial charge in [0.2, 0.25) is 0 Å². The van der Waals surface area contributed by atoms with Gasteiger partial charge in [-0.3, -0.25) is 9.59 Å². The molecular weight excluding hydrogens is 528 g/mol. The van der Waals surface area contributed by atoms with Crippen molar-refractivity contribution < 1.29 is 19.1 Å². The molecule has 1 aromatic heterocycles. The molecule has 0 N–H and O–H groups in total. The summed E-state index contributed by atoms with van der Waals surface area (Å²) in [5.41, 5.74) is 2.41. The number of ether oxygens (including phenoxy) is 2. The summed E-state index contributed by atoms with van der Waals surface area (Å²) in [4.78, 5) is 35.4. The number of nitrogens with zero attached hydrogens (tertiary/aromatic N) is 4. The summed E-state index contributed by atoms with van der Waals surface area (Å²) >= 11 is 0. The molecule has 8 nitrogen and oxygen atoms in total. The fourth-order valence-electron chi connectivity index (χ4n) is 6.76. The van der Waals surface area contributed by atoms with Crippen LogP contribution in [0.3, 0.4) is 0 Å². The van der Waals surface area contributed by atoms with Crippen LogP contribution in [0.4, 0.5) is 0 Å². The van der Waals surface area contributed by atoms with Crippen molar-refractivity contribution in [1.29, 1.82) is 0 Å². The lowest BCUT2D eigenvalue weighted by atomic mass is 9.75. The topological polar surface area (TPSA) is 76.9 Å². The first-order valence-electron chi connectivity index (χ1n) is 15.5. The molecule has 0 aliphatic carbocycles. The third-order valence-electron chi connectivity index (χ3n) is 9.41. The van der Waals surface area contributed by atoms with Gasteiger partial charge < -0.3 is 23.8 Å². The zero-order valence-electron chi connectivity index (χ0n) is 24.7. The predicted molar refractivity (Wildman–Crippen MR) is 161 cm³/mol. The highest BCUT2D eigenvalue weighted by molar-refractivity contribution is 5.97. The van der Waals surface area contributed by atoms with Gasteiger partial charge in [-0.1, -0.05) is 30.7 Å². The van der Waals surface area contributed by atoms with E-state index in [0.29, 0.717) is 50.8 Å². The first kappa shape index (κ1) is 28.5. The van der Waals surface area contributed by atoms with Gasteiger partial charge in [0.1, 0.15) is 11.6 Å². The maximum Gasteiger partial charge on any atom is 0.257 e. The van der Waals surface area contributed by atoms with Crippen molar-refractivity contribution in [2.24, 2.45) is 5.41 Å². The van der Waals surface area contributed by atoms with Crippen LogP contribution in [-0.4, -0.2) is 76.7 Å². The highest BCUT2D eigenvalue weighted by atomic mass is 16.5. The van der Waals surface area contributed by atoms with Gasteiger partial charge in [-0.25, -0.2) is 4.98 Å². The van der Waals surface area contributed by atoms with Gasteiger partial charge in [0.05, 0.1) is 24.8 Å². The Kier molecular flexibility index (Phi) is 8.60. The van der Waals surface area contributed by atoms with Crippen LogP contribution in [0.15, 0.2) is 60.9 Å². The van der Waals surface area contributed by atoms with Crippen molar-refractivity contribution in [3.63, 3.8) is 0 Å². The van der Waals surface area contributed by atoms with Crippen LogP contribution >= 0.6 is 0 Å². The molecule has 1 atom stereocenters. The number of fused-ring (bicyclic) bond motifs is 2. The Morgan fingerprint density at radius 2 is 1.88 bits per heavy atom. The molecule has 2 fully saturated rings. The van der Waals surface area contributed by atoms with Crippen molar-refractivity contribution in [2.45, 2.75) is 64.5 Å². The highest BCUT2D eigenvalue weighted by Crippen LogP contribution is 2.39. The number of carbonyl (C=O) groups is 2. The Morgan fingerprint density at radius 1 is 1.02 bits per heavy atom. The number of hydrogen-bond donors (Lipinski definition) is 0. The third kappa shape index (κ3) is 6.24. The van der Waals surface area contributed by atoms with E-state index in [1.165, 1.54) is 0 Å². The molecule has 1 spiro atoms. The van der Waals surface area contributed by atoms with Gasteiger partial charge in [-0.05, 0) is 75.3 Å². The van der Waals surface area contributed by atoms with Crippen LogP contribution in [0, 0.1) is 12.3 Å². The smallest absolute Gasteiger partial charge is 0.257 e. The first-order valence-corrected chi connectivity index (χ1v) is 15.5. The van der Waals surface area contributed by atoms with Crippen LogP contribution in [0.1, 0.15) is 77.0 Å². The zero-order chi connectivity index (χ0) is 28.9. The Labute approximate surface area is 248 Å². The number of para-hydroxylation sites is 1. The summed E-state index contributed by atoms with van der Waals surface area (Å²) in [6.07, 6.45) is 10.6. The lowest BCUT2D eigenvalue weighted by Crippen LogP contribution is -2.45.